The molecule has 0 aliphatic carbocycles. The van der Waals surface area contributed by atoms with Crippen molar-refractivity contribution in [2.75, 3.05) is 0 Å². The van der Waals surface area contributed by atoms with Crippen LogP contribution in [-0.2, 0) is 5.11 Å². The average Bonchev–Trinajstić information content (AvgIpc) is 2.46. The van der Waals surface area contributed by atoms with Crippen LogP contribution in [0.15, 0.2) is 30.3 Å². The standard InChI is InChI=1S/C10H9OS/c1-7(11)10-6-8-4-2-3-5-9(8)12-10/h2-7H,1H3. The predicted molar refractivity (Wildman–Crippen MR) is 50.9 cm³/mol. The Bertz CT molecular complexity index is 356. The lowest BCUT2D eigenvalue weighted by molar-refractivity contribution is 0.109. The maximum Gasteiger partial charge on any atom is 0.124 e. The molecule has 0 fully saturated rings. The van der Waals surface area contributed by atoms with Crippen molar-refractivity contribution in [3.05, 3.63) is 35.2 Å². The first-order valence-electron chi connectivity index (χ1n) is 3.91. The second-order valence-electron chi connectivity index (χ2n) is 2.83. The minimum absolute atomic E-state index is 0.595. The summed E-state index contributed by atoms with van der Waals surface area (Å²) in [5, 5.41) is 12.3. The Labute approximate surface area is 75.3 Å². The zero-order valence-electron chi connectivity index (χ0n) is 6.78. The van der Waals surface area contributed by atoms with Crippen molar-refractivity contribution < 1.29 is 5.11 Å². The summed E-state index contributed by atoms with van der Waals surface area (Å²) in [6.07, 6.45) is -0.595. The highest BCUT2D eigenvalue weighted by molar-refractivity contribution is 7.19. The summed E-state index contributed by atoms with van der Waals surface area (Å²) in [6, 6.07) is 10.1. The van der Waals surface area contributed by atoms with Gasteiger partial charge in [-0.1, -0.05) is 18.2 Å². The van der Waals surface area contributed by atoms with Crippen molar-refractivity contribution in [1.82, 2.24) is 0 Å². The summed E-state index contributed by atoms with van der Waals surface area (Å²) >= 11 is 1.59. The SMILES string of the molecule is CC([O])c1cc2ccccc2s1. The molecule has 0 spiro atoms. The summed E-state index contributed by atoms with van der Waals surface area (Å²) in [4.78, 5) is 0.927. The molecule has 2 rings (SSSR count). The number of hydrogen-bond acceptors (Lipinski definition) is 1. The van der Waals surface area contributed by atoms with Crippen LogP contribution in [0.5, 0.6) is 0 Å². The van der Waals surface area contributed by atoms with Gasteiger partial charge in [-0.05, 0) is 24.4 Å². The Hall–Kier alpha value is -0.860. The van der Waals surface area contributed by atoms with E-state index in [-0.39, 0.29) is 0 Å². The number of hydrogen-bond donors (Lipinski definition) is 0. The lowest BCUT2D eigenvalue weighted by Crippen LogP contribution is -1.80. The molecule has 0 aliphatic heterocycles. The van der Waals surface area contributed by atoms with Gasteiger partial charge in [-0.3, -0.25) is 0 Å². The van der Waals surface area contributed by atoms with Crippen LogP contribution in [0.3, 0.4) is 0 Å². The third-order valence-corrected chi connectivity index (χ3v) is 3.12. The Morgan fingerprint density at radius 2 is 2.08 bits per heavy atom. The van der Waals surface area contributed by atoms with Crippen LogP contribution >= 0.6 is 11.3 Å². The Morgan fingerprint density at radius 1 is 1.33 bits per heavy atom. The van der Waals surface area contributed by atoms with Crippen LogP contribution in [0.25, 0.3) is 10.1 Å². The second-order valence-corrected chi connectivity index (χ2v) is 3.94. The zero-order chi connectivity index (χ0) is 8.55. The Morgan fingerprint density at radius 3 is 2.75 bits per heavy atom. The predicted octanol–water partition coefficient (Wildman–Crippen LogP) is 3.39. The molecule has 2 aromatic rings. The molecule has 0 amide bonds. The fourth-order valence-electron chi connectivity index (χ4n) is 1.20. The van der Waals surface area contributed by atoms with Gasteiger partial charge in [0.2, 0.25) is 0 Å². The van der Waals surface area contributed by atoms with Crippen molar-refractivity contribution in [3.63, 3.8) is 0 Å². The summed E-state index contributed by atoms with van der Waals surface area (Å²) < 4.78 is 1.20. The molecule has 0 bridgehead atoms. The second kappa shape index (κ2) is 2.88. The molecule has 0 aliphatic rings. The molecule has 1 aromatic carbocycles. The van der Waals surface area contributed by atoms with Gasteiger partial charge in [-0.15, -0.1) is 11.3 Å². The van der Waals surface area contributed by atoms with Gasteiger partial charge < -0.3 is 0 Å². The van der Waals surface area contributed by atoms with Gasteiger partial charge in [0.15, 0.2) is 0 Å². The van der Waals surface area contributed by atoms with E-state index >= 15 is 0 Å². The normalized spacial score (nSPS) is 13.5. The van der Waals surface area contributed by atoms with E-state index in [2.05, 4.69) is 0 Å². The molecule has 1 radical (unpaired) electrons. The maximum atomic E-state index is 11.1. The number of fused-ring (bicyclic) bond motifs is 1. The van der Waals surface area contributed by atoms with E-state index in [4.69, 9.17) is 0 Å². The zero-order valence-corrected chi connectivity index (χ0v) is 7.60. The van der Waals surface area contributed by atoms with Gasteiger partial charge in [0.1, 0.15) is 6.10 Å². The monoisotopic (exact) mass is 177 g/mol. The largest absolute Gasteiger partial charge is 0.227 e. The molecule has 0 N–H and O–H groups in total. The van der Waals surface area contributed by atoms with Crippen LogP contribution in [0.1, 0.15) is 17.9 Å². The van der Waals surface area contributed by atoms with Gasteiger partial charge in [-0.2, -0.15) is 0 Å². The summed E-state index contributed by atoms with van der Waals surface area (Å²) in [5.74, 6) is 0. The van der Waals surface area contributed by atoms with E-state index in [0.717, 1.165) is 4.88 Å². The fourth-order valence-corrected chi connectivity index (χ4v) is 2.20. The van der Waals surface area contributed by atoms with Crippen LogP contribution < -0.4 is 0 Å². The van der Waals surface area contributed by atoms with E-state index in [1.54, 1.807) is 18.3 Å². The van der Waals surface area contributed by atoms with Gasteiger partial charge in [0.25, 0.3) is 0 Å². The van der Waals surface area contributed by atoms with Crippen LogP contribution in [0, 0.1) is 0 Å². The van der Waals surface area contributed by atoms with Crippen molar-refractivity contribution in [2.24, 2.45) is 0 Å². The molecule has 1 heterocycles. The number of rotatable bonds is 1. The van der Waals surface area contributed by atoms with Crippen LogP contribution in [0.2, 0.25) is 0 Å². The van der Waals surface area contributed by atoms with Gasteiger partial charge in [-0.25, -0.2) is 5.11 Å². The maximum absolute atomic E-state index is 11.1. The van der Waals surface area contributed by atoms with Crippen molar-refractivity contribution in [3.8, 4) is 0 Å². The molecule has 1 atom stereocenters. The van der Waals surface area contributed by atoms with Crippen molar-refractivity contribution in [1.29, 1.82) is 0 Å². The third-order valence-electron chi connectivity index (χ3n) is 1.85. The third kappa shape index (κ3) is 1.24. The van der Waals surface area contributed by atoms with E-state index in [1.165, 1.54) is 10.1 Å². The Kier molecular flexibility index (Phi) is 1.87. The summed E-state index contributed by atoms with van der Waals surface area (Å²) in [5.41, 5.74) is 0. The van der Waals surface area contributed by atoms with E-state index in [1.807, 2.05) is 30.3 Å². The van der Waals surface area contributed by atoms with Crippen LogP contribution in [-0.4, -0.2) is 0 Å². The minimum atomic E-state index is -0.595. The average molecular weight is 177 g/mol. The first-order chi connectivity index (χ1) is 5.77. The van der Waals surface area contributed by atoms with Gasteiger partial charge >= 0.3 is 0 Å². The molecule has 2 heteroatoms. The lowest BCUT2D eigenvalue weighted by Gasteiger charge is -1.92. The van der Waals surface area contributed by atoms with Crippen LogP contribution in [0.4, 0.5) is 0 Å². The smallest absolute Gasteiger partial charge is 0.124 e. The van der Waals surface area contributed by atoms with Crippen molar-refractivity contribution >= 4 is 21.4 Å². The highest BCUT2D eigenvalue weighted by atomic mass is 32.1. The molecule has 0 saturated heterocycles. The topological polar surface area (TPSA) is 19.9 Å². The number of benzene rings is 1. The van der Waals surface area contributed by atoms with Gasteiger partial charge in [0, 0.05) is 9.58 Å². The first kappa shape index (κ1) is 7.77. The number of thiophene rings is 1. The van der Waals surface area contributed by atoms with Gasteiger partial charge in [0.05, 0.1) is 0 Å². The molecular weight excluding hydrogens is 168 g/mol. The molecular formula is C10H9OS. The lowest BCUT2D eigenvalue weighted by atomic mass is 10.2. The molecule has 1 aromatic heterocycles. The summed E-state index contributed by atoms with van der Waals surface area (Å²) in [6.45, 7) is 1.69. The fraction of sp³-hybridized carbons (Fsp3) is 0.200. The van der Waals surface area contributed by atoms with E-state index < -0.39 is 6.10 Å². The quantitative estimate of drug-likeness (QED) is 0.636. The minimum Gasteiger partial charge on any atom is -0.227 e. The molecule has 1 nitrogen and oxygen atoms in total. The molecule has 1 unspecified atom stereocenters. The van der Waals surface area contributed by atoms with Crippen molar-refractivity contribution in [2.45, 2.75) is 13.0 Å². The highest BCUT2D eigenvalue weighted by Crippen LogP contribution is 2.29. The van der Waals surface area contributed by atoms with E-state index in [0.29, 0.717) is 0 Å². The van der Waals surface area contributed by atoms with E-state index in [9.17, 15) is 5.11 Å². The highest BCUT2D eigenvalue weighted by Gasteiger charge is 2.06. The summed E-state index contributed by atoms with van der Waals surface area (Å²) in [7, 11) is 0. The Balaban J connectivity index is 2.62. The molecule has 12 heavy (non-hydrogen) atoms. The molecule has 61 valence electrons. The molecule has 0 saturated carbocycles. The first-order valence-corrected chi connectivity index (χ1v) is 4.73.